The molecule has 3 rings (SSSR count). The number of anilines is 1. The van der Waals surface area contributed by atoms with Crippen molar-refractivity contribution in [2.45, 2.75) is 26.0 Å². The van der Waals surface area contributed by atoms with Crippen LogP contribution < -0.4 is 5.32 Å². The number of hydrogen-bond donors (Lipinski definition) is 2. The Kier molecular flexibility index (Phi) is 5.66. The first kappa shape index (κ1) is 19.2. The molecular formula is C19H16Cl2N4O2. The molecule has 6 nitrogen and oxygen atoms in total. The lowest BCUT2D eigenvalue weighted by molar-refractivity contribution is 0.160. The third-order valence-electron chi connectivity index (χ3n) is 4.00. The molecule has 0 amide bonds. The number of aryl methyl sites for hydroxylation is 1. The van der Waals surface area contributed by atoms with E-state index < -0.39 is 12.1 Å². The minimum Gasteiger partial charge on any atom is -0.418 e. The van der Waals surface area contributed by atoms with Crippen LogP contribution in [0.25, 0.3) is 11.5 Å². The lowest BCUT2D eigenvalue weighted by atomic mass is 10.1. The molecule has 138 valence electrons. The summed E-state index contributed by atoms with van der Waals surface area (Å²) >= 11 is 12.3. The topological polar surface area (TPSA) is 95.0 Å². The van der Waals surface area contributed by atoms with Crippen LogP contribution in [-0.4, -0.2) is 21.4 Å². The van der Waals surface area contributed by atoms with Crippen molar-refractivity contribution < 1.29 is 9.52 Å². The number of rotatable bonds is 5. The van der Waals surface area contributed by atoms with Gasteiger partial charge in [0.05, 0.1) is 27.4 Å². The molecule has 0 aliphatic rings. The van der Waals surface area contributed by atoms with Gasteiger partial charge in [0.1, 0.15) is 12.1 Å². The number of aliphatic hydroxyl groups is 1. The Morgan fingerprint density at radius 2 is 1.81 bits per heavy atom. The van der Waals surface area contributed by atoms with Crippen LogP contribution in [0.1, 0.15) is 30.0 Å². The summed E-state index contributed by atoms with van der Waals surface area (Å²) in [6.45, 7) is 3.58. The van der Waals surface area contributed by atoms with Crippen molar-refractivity contribution in [2.24, 2.45) is 0 Å². The van der Waals surface area contributed by atoms with E-state index in [-0.39, 0.29) is 21.5 Å². The van der Waals surface area contributed by atoms with Crippen LogP contribution in [0.15, 0.2) is 40.8 Å². The molecule has 8 heteroatoms. The zero-order valence-electron chi connectivity index (χ0n) is 14.6. The summed E-state index contributed by atoms with van der Waals surface area (Å²) in [6, 6.07) is 12.1. The van der Waals surface area contributed by atoms with Gasteiger partial charge in [-0.3, -0.25) is 0 Å². The summed E-state index contributed by atoms with van der Waals surface area (Å²) in [5.41, 5.74) is 2.61. The van der Waals surface area contributed by atoms with Crippen molar-refractivity contribution in [3.8, 4) is 17.5 Å². The minimum absolute atomic E-state index is 0.138. The lowest BCUT2D eigenvalue weighted by Crippen LogP contribution is -2.23. The first-order valence-corrected chi connectivity index (χ1v) is 8.89. The number of halogens is 2. The largest absolute Gasteiger partial charge is 0.418 e. The van der Waals surface area contributed by atoms with Crippen LogP contribution in [0, 0.1) is 18.3 Å². The Morgan fingerprint density at radius 1 is 1.11 bits per heavy atom. The molecule has 0 fully saturated rings. The van der Waals surface area contributed by atoms with E-state index >= 15 is 0 Å². The van der Waals surface area contributed by atoms with Gasteiger partial charge in [-0.2, -0.15) is 5.26 Å². The van der Waals surface area contributed by atoms with Gasteiger partial charge in [-0.25, -0.2) is 0 Å². The number of aliphatic hydroxyl groups excluding tert-OH is 1. The zero-order chi connectivity index (χ0) is 19.6. The Hall–Kier alpha value is -2.59. The molecule has 2 N–H and O–H groups in total. The van der Waals surface area contributed by atoms with Crippen molar-refractivity contribution in [1.82, 2.24) is 10.2 Å². The van der Waals surface area contributed by atoms with E-state index in [2.05, 4.69) is 15.5 Å². The average Bonchev–Trinajstić information content (AvgIpc) is 3.13. The summed E-state index contributed by atoms with van der Waals surface area (Å²) in [4.78, 5) is 0. The fourth-order valence-corrected chi connectivity index (χ4v) is 2.90. The smallest absolute Gasteiger partial charge is 0.247 e. The molecule has 2 aromatic carbocycles. The van der Waals surface area contributed by atoms with Crippen LogP contribution in [0.4, 0.5) is 5.69 Å². The van der Waals surface area contributed by atoms with E-state index in [1.54, 1.807) is 19.1 Å². The average molecular weight is 403 g/mol. The Bertz CT molecular complexity index is 994. The van der Waals surface area contributed by atoms with E-state index in [1.165, 1.54) is 0 Å². The van der Waals surface area contributed by atoms with Gasteiger partial charge in [-0.1, -0.05) is 40.9 Å². The predicted octanol–water partition coefficient (Wildman–Crippen LogP) is 4.76. The Balaban J connectivity index is 1.90. The number of aromatic nitrogens is 2. The minimum atomic E-state index is -0.859. The molecule has 1 unspecified atom stereocenters. The summed E-state index contributed by atoms with van der Waals surface area (Å²) in [5, 5.41) is 30.7. The van der Waals surface area contributed by atoms with Gasteiger partial charge in [0.2, 0.25) is 11.8 Å². The Morgan fingerprint density at radius 3 is 2.44 bits per heavy atom. The number of nitriles is 1. The first-order valence-electron chi connectivity index (χ1n) is 8.14. The van der Waals surface area contributed by atoms with Crippen LogP contribution in [-0.2, 0) is 0 Å². The highest BCUT2D eigenvalue weighted by atomic mass is 35.5. The molecule has 0 saturated carbocycles. The second-order valence-electron chi connectivity index (χ2n) is 6.07. The monoisotopic (exact) mass is 402 g/mol. The second-order valence-corrected chi connectivity index (χ2v) is 6.83. The summed E-state index contributed by atoms with van der Waals surface area (Å²) < 4.78 is 5.75. The van der Waals surface area contributed by atoms with Gasteiger partial charge in [-0.15, -0.1) is 10.2 Å². The number of benzene rings is 2. The van der Waals surface area contributed by atoms with Crippen molar-refractivity contribution in [3.63, 3.8) is 0 Å². The SMILES string of the molecule is Cc1ccc(-c2nnc(C(Nc3ccc(C#N)c(Cl)c3Cl)[C@H](C)O)o2)cc1. The van der Waals surface area contributed by atoms with Gasteiger partial charge < -0.3 is 14.8 Å². The molecule has 1 heterocycles. The van der Waals surface area contributed by atoms with Crippen molar-refractivity contribution in [1.29, 1.82) is 5.26 Å². The predicted molar refractivity (Wildman–Crippen MR) is 104 cm³/mol. The highest BCUT2D eigenvalue weighted by Gasteiger charge is 2.25. The lowest BCUT2D eigenvalue weighted by Gasteiger charge is -2.20. The molecular weight excluding hydrogens is 387 g/mol. The molecule has 3 aromatic rings. The van der Waals surface area contributed by atoms with Crippen molar-refractivity contribution >= 4 is 28.9 Å². The van der Waals surface area contributed by atoms with Gasteiger partial charge in [-0.05, 0) is 38.1 Å². The number of hydrogen-bond acceptors (Lipinski definition) is 6. The fraction of sp³-hybridized carbons (Fsp3) is 0.211. The van der Waals surface area contributed by atoms with Gasteiger partial charge in [0.15, 0.2) is 0 Å². The molecule has 2 atom stereocenters. The summed E-state index contributed by atoms with van der Waals surface area (Å²) in [5.74, 6) is 0.554. The molecule has 0 spiro atoms. The van der Waals surface area contributed by atoms with E-state index in [4.69, 9.17) is 32.9 Å². The molecule has 0 aliphatic heterocycles. The maximum Gasteiger partial charge on any atom is 0.247 e. The highest BCUT2D eigenvalue weighted by Crippen LogP contribution is 2.35. The van der Waals surface area contributed by atoms with E-state index in [1.807, 2.05) is 37.3 Å². The van der Waals surface area contributed by atoms with Crippen LogP contribution in [0.3, 0.4) is 0 Å². The fourth-order valence-electron chi connectivity index (χ4n) is 2.48. The van der Waals surface area contributed by atoms with E-state index in [0.717, 1.165) is 11.1 Å². The molecule has 0 radical (unpaired) electrons. The van der Waals surface area contributed by atoms with Gasteiger partial charge in [0, 0.05) is 5.56 Å². The summed E-state index contributed by atoms with van der Waals surface area (Å²) in [7, 11) is 0. The number of nitrogens with zero attached hydrogens (tertiary/aromatic N) is 3. The normalized spacial score (nSPS) is 13.0. The van der Waals surface area contributed by atoms with Crippen LogP contribution in [0.5, 0.6) is 0 Å². The molecule has 0 aliphatic carbocycles. The van der Waals surface area contributed by atoms with Crippen molar-refractivity contribution in [2.75, 3.05) is 5.32 Å². The first-order chi connectivity index (χ1) is 12.9. The number of nitrogens with one attached hydrogen (secondary N) is 1. The third kappa shape index (κ3) is 4.06. The molecule has 1 aromatic heterocycles. The molecule has 0 bridgehead atoms. The maximum absolute atomic E-state index is 10.2. The van der Waals surface area contributed by atoms with Gasteiger partial charge in [0.25, 0.3) is 0 Å². The van der Waals surface area contributed by atoms with E-state index in [9.17, 15) is 5.11 Å². The summed E-state index contributed by atoms with van der Waals surface area (Å²) in [6.07, 6.45) is -0.859. The molecule has 0 saturated heterocycles. The van der Waals surface area contributed by atoms with Crippen LogP contribution in [0.2, 0.25) is 10.0 Å². The quantitative estimate of drug-likeness (QED) is 0.638. The highest BCUT2D eigenvalue weighted by molar-refractivity contribution is 6.44. The second kappa shape index (κ2) is 7.97. The third-order valence-corrected chi connectivity index (χ3v) is 4.88. The Labute approximate surface area is 166 Å². The van der Waals surface area contributed by atoms with Gasteiger partial charge >= 0.3 is 0 Å². The standard InChI is InChI=1S/C19H16Cl2N4O2/c1-10-3-5-12(6-4-10)18-24-25-19(27-18)17(11(2)26)23-14-8-7-13(9-22)15(20)16(14)21/h3-8,11,17,23,26H,1-2H3/t11-,17?/m0/s1. The maximum atomic E-state index is 10.2. The van der Waals surface area contributed by atoms with Crippen LogP contribution >= 0.6 is 23.2 Å². The van der Waals surface area contributed by atoms with Crippen molar-refractivity contribution in [3.05, 3.63) is 63.5 Å². The zero-order valence-corrected chi connectivity index (χ0v) is 16.1. The molecule has 27 heavy (non-hydrogen) atoms. The van der Waals surface area contributed by atoms with E-state index in [0.29, 0.717) is 11.6 Å².